The van der Waals surface area contributed by atoms with Crippen LogP contribution in [-0.4, -0.2) is 6.43 Å². The molecular formula is C8H4F6. The molecule has 0 bridgehead atoms. The monoisotopic (exact) mass is 214 g/mol. The highest BCUT2D eigenvalue weighted by molar-refractivity contribution is 5.22. The van der Waals surface area contributed by atoms with Crippen molar-refractivity contribution in [3.05, 3.63) is 34.9 Å². The first kappa shape index (κ1) is 10.9. The second-order valence-corrected chi connectivity index (χ2v) is 2.54. The Morgan fingerprint density at radius 2 is 1.50 bits per heavy atom. The van der Waals surface area contributed by atoms with Gasteiger partial charge >= 0.3 is 0 Å². The highest BCUT2D eigenvalue weighted by atomic mass is 19.3. The largest absolute Gasteiger partial charge is 0.242 e. The van der Waals surface area contributed by atoms with Crippen molar-refractivity contribution in [3.63, 3.8) is 0 Å². The van der Waals surface area contributed by atoms with Gasteiger partial charge < -0.3 is 0 Å². The van der Waals surface area contributed by atoms with E-state index < -0.39 is 41.7 Å². The smallest absolute Gasteiger partial charge is 0.210 e. The van der Waals surface area contributed by atoms with E-state index >= 15 is 0 Å². The molecule has 0 amide bonds. The van der Waals surface area contributed by atoms with Gasteiger partial charge in [-0.15, -0.1) is 0 Å². The minimum atomic E-state index is -3.02. The number of hydrogen-bond acceptors (Lipinski definition) is 0. The van der Waals surface area contributed by atoms with Crippen molar-refractivity contribution in [2.45, 2.75) is 12.8 Å². The Morgan fingerprint density at radius 3 is 2.00 bits per heavy atom. The average molecular weight is 214 g/mol. The van der Waals surface area contributed by atoms with Crippen molar-refractivity contribution in [2.24, 2.45) is 0 Å². The maximum atomic E-state index is 12.7. The normalized spacial score (nSPS) is 11.1. The number of halogens is 6. The van der Waals surface area contributed by atoms with Crippen LogP contribution in [0.2, 0.25) is 0 Å². The van der Waals surface area contributed by atoms with Crippen molar-refractivity contribution in [1.29, 1.82) is 0 Å². The second kappa shape index (κ2) is 3.89. The van der Waals surface area contributed by atoms with Crippen LogP contribution in [-0.2, 0) is 6.42 Å². The Balaban J connectivity index is 3.22. The fourth-order valence-electron chi connectivity index (χ4n) is 0.945. The molecule has 6 heteroatoms. The highest BCUT2D eigenvalue weighted by Crippen LogP contribution is 2.21. The van der Waals surface area contributed by atoms with E-state index in [1.165, 1.54) is 0 Å². The first-order valence-electron chi connectivity index (χ1n) is 3.53. The molecule has 0 unspecified atom stereocenters. The van der Waals surface area contributed by atoms with E-state index in [9.17, 15) is 26.3 Å². The van der Waals surface area contributed by atoms with Gasteiger partial charge in [0, 0.05) is 18.1 Å². The summed E-state index contributed by atoms with van der Waals surface area (Å²) in [6.07, 6.45) is -4.31. The molecule has 0 heterocycles. The summed E-state index contributed by atoms with van der Waals surface area (Å²) in [6, 6.07) is 0.0378. The third-order valence-electron chi connectivity index (χ3n) is 1.57. The molecule has 0 nitrogen and oxygen atoms in total. The van der Waals surface area contributed by atoms with Crippen LogP contribution in [0.25, 0.3) is 0 Å². The maximum Gasteiger partial charge on any atom is 0.242 e. The lowest BCUT2D eigenvalue weighted by molar-refractivity contribution is 0.146. The van der Waals surface area contributed by atoms with Crippen LogP contribution in [0.5, 0.6) is 0 Å². The Kier molecular flexibility index (Phi) is 3.03. The van der Waals surface area contributed by atoms with Gasteiger partial charge in [0.15, 0.2) is 17.5 Å². The molecule has 1 aromatic rings. The van der Waals surface area contributed by atoms with Crippen molar-refractivity contribution < 1.29 is 26.3 Å². The third kappa shape index (κ3) is 2.00. The zero-order valence-corrected chi connectivity index (χ0v) is 6.63. The van der Waals surface area contributed by atoms with E-state index in [0.717, 1.165) is 0 Å². The van der Waals surface area contributed by atoms with Gasteiger partial charge in [0.1, 0.15) is 5.82 Å². The number of rotatable bonds is 2. The molecule has 78 valence electrons. The summed E-state index contributed by atoms with van der Waals surface area (Å²) in [5.74, 6) is -7.09. The summed E-state index contributed by atoms with van der Waals surface area (Å²) in [6.45, 7) is 0. The SMILES string of the molecule is Fc1cc(F)c(CC(F)F)c(F)c1F. The molecule has 0 spiro atoms. The molecule has 1 rings (SSSR count). The Morgan fingerprint density at radius 1 is 0.929 bits per heavy atom. The topological polar surface area (TPSA) is 0 Å². The predicted octanol–water partition coefficient (Wildman–Crippen LogP) is 3.05. The van der Waals surface area contributed by atoms with E-state index in [1.807, 2.05) is 0 Å². The Labute approximate surface area is 75.2 Å². The van der Waals surface area contributed by atoms with E-state index in [0.29, 0.717) is 0 Å². The molecular weight excluding hydrogens is 210 g/mol. The van der Waals surface area contributed by atoms with Crippen molar-refractivity contribution in [1.82, 2.24) is 0 Å². The van der Waals surface area contributed by atoms with Gasteiger partial charge in [-0.3, -0.25) is 0 Å². The first-order valence-corrected chi connectivity index (χ1v) is 3.53. The number of hydrogen-bond donors (Lipinski definition) is 0. The Hall–Kier alpha value is -1.20. The van der Waals surface area contributed by atoms with Crippen LogP contribution in [0.3, 0.4) is 0 Å². The van der Waals surface area contributed by atoms with Crippen LogP contribution in [0.15, 0.2) is 6.07 Å². The number of benzene rings is 1. The minimum Gasteiger partial charge on any atom is -0.210 e. The molecule has 0 aliphatic heterocycles. The van der Waals surface area contributed by atoms with Gasteiger partial charge in [0.25, 0.3) is 0 Å². The van der Waals surface area contributed by atoms with E-state index in [2.05, 4.69) is 0 Å². The van der Waals surface area contributed by atoms with E-state index in [4.69, 9.17) is 0 Å². The molecule has 0 fully saturated rings. The standard InChI is InChI=1S/C8H4F6/c9-4-2-5(10)8(14)7(13)3(4)1-6(11)12/h2,6H,1H2. The zero-order chi connectivity index (χ0) is 10.9. The minimum absolute atomic E-state index is 0.0378. The van der Waals surface area contributed by atoms with Crippen LogP contribution in [0.4, 0.5) is 26.3 Å². The lowest BCUT2D eigenvalue weighted by atomic mass is 10.1. The highest BCUT2D eigenvalue weighted by Gasteiger charge is 2.21. The molecule has 0 aromatic heterocycles. The summed E-state index contributed by atoms with van der Waals surface area (Å²) in [5, 5.41) is 0. The molecule has 0 aliphatic carbocycles. The predicted molar refractivity (Wildman–Crippen MR) is 36.0 cm³/mol. The molecule has 14 heavy (non-hydrogen) atoms. The number of alkyl halides is 2. The van der Waals surface area contributed by atoms with Crippen LogP contribution < -0.4 is 0 Å². The average Bonchev–Trinajstić information content (AvgIpc) is 2.09. The fraction of sp³-hybridized carbons (Fsp3) is 0.250. The summed E-state index contributed by atoms with van der Waals surface area (Å²) >= 11 is 0. The van der Waals surface area contributed by atoms with Gasteiger partial charge in [-0.2, -0.15) is 0 Å². The molecule has 0 aliphatic rings. The van der Waals surface area contributed by atoms with Crippen molar-refractivity contribution in [2.75, 3.05) is 0 Å². The maximum absolute atomic E-state index is 12.7. The summed E-state index contributed by atoms with van der Waals surface area (Å²) in [7, 11) is 0. The van der Waals surface area contributed by atoms with E-state index in [-0.39, 0.29) is 6.07 Å². The van der Waals surface area contributed by atoms with E-state index in [1.54, 1.807) is 0 Å². The lowest BCUT2D eigenvalue weighted by Gasteiger charge is -2.05. The van der Waals surface area contributed by atoms with Crippen LogP contribution in [0.1, 0.15) is 5.56 Å². The lowest BCUT2D eigenvalue weighted by Crippen LogP contribution is -2.06. The van der Waals surface area contributed by atoms with Gasteiger partial charge in [-0.25, -0.2) is 26.3 Å². The van der Waals surface area contributed by atoms with Gasteiger partial charge in [-0.1, -0.05) is 0 Å². The fourth-order valence-corrected chi connectivity index (χ4v) is 0.945. The summed E-state index contributed by atoms with van der Waals surface area (Å²) in [4.78, 5) is 0. The quantitative estimate of drug-likeness (QED) is 0.403. The molecule has 0 radical (unpaired) electrons. The van der Waals surface area contributed by atoms with Crippen molar-refractivity contribution >= 4 is 0 Å². The van der Waals surface area contributed by atoms with Crippen molar-refractivity contribution in [3.8, 4) is 0 Å². The molecule has 0 N–H and O–H groups in total. The third-order valence-corrected chi connectivity index (χ3v) is 1.57. The second-order valence-electron chi connectivity index (χ2n) is 2.54. The molecule has 0 atom stereocenters. The van der Waals surface area contributed by atoms with Crippen LogP contribution in [0, 0.1) is 23.3 Å². The zero-order valence-electron chi connectivity index (χ0n) is 6.63. The van der Waals surface area contributed by atoms with Gasteiger partial charge in [0.05, 0.1) is 0 Å². The van der Waals surface area contributed by atoms with Gasteiger partial charge in [0.2, 0.25) is 6.43 Å². The summed E-state index contributed by atoms with van der Waals surface area (Å²) in [5.41, 5.74) is -1.14. The molecule has 1 aromatic carbocycles. The molecule has 0 saturated heterocycles. The first-order chi connectivity index (χ1) is 6.43. The Bertz CT molecular complexity index is 346. The summed E-state index contributed by atoms with van der Waals surface area (Å²) < 4.78 is 73.7. The van der Waals surface area contributed by atoms with Gasteiger partial charge in [-0.05, 0) is 0 Å². The molecule has 0 saturated carbocycles. The van der Waals surface area contributed by atoms with Crippen LogP contribution >= 0.6 is 0 Å².